The van der Waals surface area contributed by atoms with Crippen molar-refractivity contribution >= 4 is 11.6 Å². The fourth-order valence-corrected chi connectivity index (χ4v) is 2.31. The Bertz CT molecular complexity index is 588. The number of aromatic nitrogens is 3. The van der Waals surface area contributed by atoms with Gasteiger partial charge in [-0.2, -0.15) is 0 Å². The minimum atomic E-state index is -0.966. The monoisotopic (exact) mass is 232 g/mol. The predicted octanol–water partition coefficient (Wildman–Crippen LogP) is 0.173. The molecular weight excluding hydrogens is 220 g/mol. The zero-order valence-electron chi connectivity index (χ0n) is 9.08. The molecule has 1 aliphatic rings. The number of carbonyl (C=O) groups is 1. The van der Waals surface area contributed by atoms with Gasteiger partial charge in [0.15, 0.2) is 5.65 Å². The predicted molar refractivity (Wildman–Crippen MR) is 59.5 cm³/mol. The lowest BCUT2D eigenvalue weighted by molar-refractivity contribution is -0.139. The number of aliphatic carboxylic acids is 1. The van der Waals surface area contributed by atoms with Gasteiger partial charge in [-0.05, 0) is 12.8 Å². The molecular formula is C11H12N4O2. The molecule has 1 fully saturated rings. The van der Waals surface area contributed by atoms with Crippen molar-refractivity contribution in [1.82, 2.24) is 14.4 Å². The first-order valence-electron chi connectivity index (χ1n) is 5.41. The highest BCUT2D eigenvalue weighted by atomic mass is 16.4. The van der Waals surface area contributed by atoms with E-state index in [1.54, 1.807) is 24.8 Å². The van der Waals surface area contributed by atoms with Crippen molar-refractivity contribution in [3.05, 3.63) is 30.5 Å². The Balaban J connectivity index is 2.13. The SMILES string of the molecule is NC(C(=O)O)C1(c2cnc3cnccn23)CC1. The van der Waals surface area contributed by atoms with Crippen LogP contribution in [0.4, 0.5) is 0 Å². The second-order valence-corrected chi connectivity index (χ2v) is 4.42. The van der Waals surface area contributed by atoms with Crippen LogP contribution in [-0.2, 0) is 10.2 Å². The third kappa shape index (κ3) is 1.34. The van der Waals surface area contributed by atoms with Crippen LogP contribution in [0, 0.1) is 0 Å². The summed E-state index contributed by atoms with van der Waals surface area (Å²) in [5.74, 6) is -0.966. The molecule has 3 rings (SSSR count). The van der Waals surface area contributed by atoms with Gasteiger partial charge in [-0.1, -0.05) is 0 Å². The summed E-state index contributed by atoms with van der Waals surface area (Å²) < 4.78 is 1.86. The van der Waals surface area contributed by atoms with E-state index in [0.717, 1.165) is 18.5 Å². The van der Waals surface area contributed by atoms with Crippen molar-refractivity contribution < 1.29 is 9.90 Å². The molecule has 0 spiro atoms. The summed E-state index contributed by atoms with van der Waals surface area (Å²) in [6.07, 6.45) is 8.36. The van der Waals surface area contributed by atoms with E-state index in [0.29, 0.717) is 5.65 Å². The molecule has 1 unspecified atom stereocenters. The van der Waals surface area contributed by atoms with Crippen LogP contribution in [0.3, 0.4) is 0 Å². The van der Waals surface area contributed by atoms with Crippen LogP contribution >= 0.6 is 0 Å². The van der Waals surface area contributed by atoms with E-state index in [4.69, 9.17) is 10.8 Å². The summed E-state index contributed by atoms with van der Waals surface area (Å²) in [6, 6.07) is -0.879. The number of carboxylic acid groups (broad SMARTS) is 1. The van der Waals surface area contributed by atoms with Crippen molar-refractivity contribution in [3.63, 3.8) is 0 Å². The Kier molecular flexibility index (Phi) is 1.97. The lowest BCUT2D eigenvalue weighted by Gasteiger charge is -2.19. The highest BCUT2D eigenvalue weighted by molar-refractivity contribution is 5.76. The van der Waals surface area contributed by atoms with Crippen LogP contribution < -0.4 is 5.73 Å². The molecule has 0 amide bonds. The molecule has 17 heavy (non-hydrogen) atoms. The zero-order chi connectivity index (χ0) is 12.0. The second kappa shape index (κ2) is 3.27. The maximum absolute atomic E-state index is 11.1. The van der Waals surface area contributed by atoms with Gasteiger partial charge in [-0.15, -0.1) is 0 Å². The molecule has 2 aromatic heterocycles. The molecule has 88 valence electrons. The van der Waals surface area contributed by atoms with E-state index in [1.807, 2.05) is 4.40 Å². The number of hydrogen-bond donors (Lipinski definition) is 2. The lowest BCUT2D eigenvalue weighted by atomic mass is 9.93. The third-order valence-electron chi connectivity index (χ3n) is 3.48. The lowest BCUT2D eigenvalue weighted by Crippen LogP contribution is -2.42. The summed E-state index contributed by atoms with van der Waals surface area (Å²) in [4.78, 5) is 19.2. The topological polar surface area (TPSA) is 93.5 Å². The van der Waals surface area contributed by atoms with Gasteiger partial charge >= 0.3 is 5.97 Å². The maximum Gasteiger partial charge on any atom is 0.321 e. The number of carboxylic acids is 1. The largest absolute Gasteiger partial charge is 0.480 e. The quantitative estimate of drug-likeness (QED) is 0.787. The number of fused-ring (bicyclic) bond motifs is 1. The Morgan fingerprint density at radius 2 is 2.29 bits per heavy atom. The molecule has 2 aromatic rings. The fourth-order valence-electron chi connectivity index (χ4n) is 2.31. The molecule has 0 aromatic carbocycles. The van der Waals surface area contributed by atoms with Gasteiger partial charge < -0.3 is 15.2 Å². The first-order valence-corrected chi connectivity index (χ1v) is 5.41. The van der Waals surface area contributed by atoms with Crippen LogP contribution in [0.25, 0.3) is 5.65 Å². The second-order valence-electron chi connectivity index (χ2n) is 4.42. The van der Waals surface area contributed by atoms with Crippen molar-refractivity contribution in [1.29, 1.82) is 0 Å². The summed E-state index contributed by atoms with van der Waals surface area (Å²) in [5, 5.41) is 9.06. The minimum Gasteiger partial charge on any atom is -0.480 e. The van der Waals surface area contributed by atoms with E-state index in [1.165, 1.54) is 0 Å². The summed E-state index contributed by atoms with van der Waals surface area (Å²) in [7, 11) is 0. The Labute approximate surface area is 97.1 Å². The smallest absolute Gasteiger partial charge is 0.321 e. The van der Waals surface area contributed by atoms with Crippen molar-refractivity contribution in [2.24, 2.45) is 5.73 Å². The normalized spacial score (nSPS) is 19.1. The molecule has 6 nitrogen and oxygen atoms in total. The summed E-state index contributed by atoms with van der Waals surface area (Å²) in [6.45, 7) is 0. The van der Waals surface area contributed by atoms with Gasteiger partial charge in [0, 0.05) is 24.0 Å². The van der Waals surface area contributed by atoms with Gasteiger partial charge in [0.2, 0.25) is 0 Å². The molecule has 2 heterocycles. The van der Waals surface area contributed by atoms with Crippen molar-refractivity contribution in [3.8, 4) is 0 Å². The molecule has 0 bridgehead atoms. The Morgan fingerprint density at radius 1 is 1.53 bits per heavy atom. The van der Waals surface area contributed by atoms with Crippen LogP contribution in [0.1, 0.15) is 18.5 Å². The number of imidazole rings is 1. The standard InChI is InChI=1S/C11H12N4O2/c12-9(10(16)17)11(1-2-11)7-5-14-8-6-13-3-4-15(7)8/h3-6,9H,1-2,12H2,(H,16,17). The summed E-state index contributed by atoms with van der Waals surface area (Å²) in [5.41, 5.74) is 6.90. The van der Waals surface area contributed by atoms with Crippen LogP contribution in [0.5, 0.6) is 0 Å². The molecule has 1 atom stereocenters. The van der Waals surface area contributed by atoms with Crippen LogP contribution in [0.2, 0.25) is 0 Å². The number of hydrogen-bond acceptors (Lipinski definition) is 4. The number of nitrogens with zero attached hydrogens (tertiary/aromatic N) is 3. The van der Waals surface area contributed by atoms with Gasteiger partial charge in [-0.25, -0.2) is 4.98 Å². The van der Waals surface area contributed by atoms with E-state index in [-0.39, 0.29) is 0 Å². The van der Waals surface area contributed by atoms with Gasteiger partial charge in [0.1, 0.15) is 6.04 Å². The van der Waals surface area contributed by atoms with Crippen molar-refractivity contribution in [2.45, 2.75) is 24.3 Å². The zero-order valence-corrected chi connectivity index (χ0v) is 9.08. The molecule has 6 heteroatoms. The molecule has 1 saturated carbocycles. The highest BCUT2D eigenvalue weighted by Gasteiger charge is 2.54. The first kappa shape index (κ1) is 10.2. The van der Waals surface area contributed by atoms with E-state index < -0.39 is 17.4 Å². The molecule has 3 N–H and O–H groups in total. The minimum absolute atomic E-state index is 0.466. The molecule has 0 radical (unpaired) electrons. The fraction of sp³-hybridized carbons (Fsp3) is 0.364. The Morgan fingerprint density at radius 3 is 2.94 bits per heavy atom. The highest BCUT2D eigenvalue weighted by Crippen LogP contribution is 2.50. The third-order valence-corrected chi connectivity index (χ3v) is 3.48. The van der Waals surface area contributed by atoms with E-state index >= 15 is 0 Å². The molecule has 0 aliphatic heterocycles. The maximum atomic E-state index is 11.1. The van der Waals surface area contributed by atoms with E-state index in [2.05, 4.69) is 9.97 Å². The van der Waals surface area contributed by atoms with Gasteiger partial charge in [0.25, 0.3) is 0 Å². The van der Waals surface area contributed by atoms with Gasteiger partial charge in [0.05, 0.1) is 11.9 Å². The Hall–Kier alpha value is -1.95. The number of nitrogens with two attached hydrogens (primary N) is 1. The average molecular weight is 232 g/mol. The average Bonchev–Trinajstić information content (AvgIpc) is 3.02. The summed E-state index contributed by atoms with van der Waals surface area (Å²) >= 11 is 0. The van der Waals surface area contributed by atoms with Crippen LogP contribution in [-0.4, -0.2) is 31.5 Å². The molecule has 1 aliphatic carbocycles. The van der Waals surface area contributed by atoms with Crippen LogP contribution in [0.15, 0.2) is 24.8 Å². The van der Waals surface area contributed by atoms with Crippen molar-refractivity contribution in [2.75, 3.05) is 0 Å². The van der Waals surface area contributed by atoms with E-state index in [9.17, 15) is 4.79 Å². The first-order chi connectivity index (χ1) is 8.15. The number of rotatable bonds is 3. The molecule has 0 saturated heterocycles. The van der Waals surface area contributed by atoms with Gasteiger partial charge in [-0.3, -0.25) is 9.78 Å².